The quantitative estimate of drug-likeness (QED) is 0.225. The molecule has 3 aromatic rings. The molecule has 0 radical (unpaired) electrons. The molecule has 10 nitrogen and oxygen atoms in total. The first-order chi connectivity index (χ1) is 15.6. The Kier molecular flexibility index (Phi) is 8.93. The average Bonchev–Trinajstić information content (AvgIpc) is 3.21. The summed E-state index contributed by atoms with van der Waals surface area (Å²) in [5.74, 6) is 2.62. The van der Waals surface area contributed by atoms with Gasteiger partial charge >= 0.3 is 0 Å². The zero-order valence-corrected chi connectivity index (χ0v) is 19.3. The second-order valence-corrected chi connectivity index (χ2v) is 7.86. The van der Waals surface area contributed by atoms with Gasteiger partial charge in [-0.2, -0.15) is 5.10 Å². The lowest BCUT2D eigenvalue weighted by molar-refractivity contribution is -0.123. The lowest BCUT2D eigenvalue weighted by Crippen LogP contribution is -2.31. The van der Waals surface area contributed by atoms with Gasteiger partial charge in [0, 0.05) is 26.3 Å². The molecule has 0 bridgehead atoms. The second-order valence-electron chi connectivity index (χ2n) is 6.63. The molecule has 11 heteroatoms. The predicted molar refractivity (Wildman–Crippen MR) is 124 cm³/mol. The van der Waals surface area contributed by atoms with Crippen LogP contribution >= 0.6 is 11.8 Å². The van der Waals surface area contributed by atoms with E-state index in [4.69, 9.17) is 14.2 Å². The lowest BCUT2D eigenvalue weighted by Gasteiger charge is -2.10. The van der Waals surface area contributed by atoms with Gasteiger partial charge in [0.25, 0.3) is 5.91 Å². The number of aromatic nitrogens is 4. The van der Waals surface area contributed by atoms with Gasteiger partial charge in [0.1, 0.15) is 17.3 Å². The normalized spacial score (nSPS) is 10.8. The zero-order valence-electron chi connectivity index (χ0n) is 18.5. The lowest BCUT2D eigenvalue weighted by atomic mass is 10.3. The van der Waals surface area contributed by atoms with Crippen LogP contribution in [0.25, 0.3) is 11.0 Å². The van der Waals surface area contributed by atoms with Crippen LogP contribution in [0, 0.1) is 0 Å². The molecular formula is C21H28N6O4S. The minimum atomic E-state index is -0.219. The monoisotopic (exact) mass is 460 g/mol. The van der Waals surface area contributed by atoms with Crippen molar-refractivity contribution in [3.8, 4) is 11.5 Å². The summed E-state index contributed by atoms with van der Waals surface area (Å²) >= 11 is 1.56. The number of methoxy groups -OCH3 is 2. The molecule has 0 aliphatic carbocycles. The van der Waals surface area contributed by atoms with Crippen molar-refractivity contribution in [2.45, 2.75) is 18.6 Å². The highest BCUT2D eigenvalue weighted by Crippen LogP contribution is 2.24. The number of fused-ring (bicyclic) bond motifs is 1. The third-order valence-electron chi connectivity index (χ3n) is 4.40. The number of hydrogen-bond acceptors (Lipinski definition) is 9. The van der Waals surface area contributed by atoms with Crippen molar-refractivity contribution in [3.63, 3.8) is 0 Å². The van der Waals surface area contributed by atoms with Gasteiger partial charge in [0.15, 0.2) is 17.4 Å². The van der Waals surface area contributed by atoms with E-state index in [1.165, 1.54) is 0 Å². The van der Waals surface area contributed by atoms with Gasteiger partial charge in [-0.1, -0.05) is 24.8 Å². The van der Waals surface area contributed by atoms with Crippen LogP contribution in [0.2, 0.25) is 0 Å². The Morgan fingerprint density at radius 3 is 2.81 bits per heavy atom. The summed E-state index contributed by atoms with van der Waals surface area (Å²) in [5, 5.41) is 12.1. The number of amides is 1. The van der Waals surface area contributed by atoms with Gasteiger partial charge in [0.05, 0.1) is 31.8 Å². The Balaban J connectivity index is 1.58. The number of thioether (sulfide) groups is 1. The van der Waals surface area contributed by atoms with Crippen molar-refractivity contribution in [1.82, 2.24) is 25.1 Å². The van der Waals surface area contributed by atoms with E-state index >= 15 is 0 Å². The van der Waals surface area contributed by atoms with Crippen LogP contribution in [0.5, 0.6) is 11.5 Å². The van der Waals surface area contributed by atoms with E-state index in [-0.39, 0.29) is 12.5 Å². The highest BCUT2D eigenvalue weighted by molar-refractivity contribution is 7.99. The molecule has 0 spiro atoms. The van der Waals surface area contributed by atoms with Crippen LogP contribution in [-0.2, 0) is 16.1 Å². The standard InChI is InChI=1S/C21H28N6O4S/c1-4-32-21-25-19(23-9-11-29-2)17-13-24-27(20(17)26-21)10-8-22-18(28)14-31-16-7-5-6-15(12-16)30-3/h5-7,12-13H,4,8-11,14H2,1-3H3,(H,22,28)(H,23,25,26). The summed E-state index contributed by atoms with van der Waals surface area (Å²) in [5.41, 5.74) is 0.720. The molecule has 0 saturated heterocycles. The smallest absolute Gasteiger partial charge is 0.258 e. The van der Waals surface area contributed by atoms with E-state index in [9.17, 15) is 4.79 Å². The van der Waals surface area contributed by atoms with Crippen molar-refractivity contribution >= 4 is 34.5 Å². The summed E-state index contributed by atoms with van der Waals surface area (Å²) < 4.78 is 17.5. The molecular weight excluding hydrogens is 432 g/mol. The van der Waals surface area contributed by atoms with Gasteiger partial charge in [-0.3, -0.25) is 4.79 Å². The molecule has 2 aromatic heterocycles. The molecule has 1 aromatic carbocycles. The van der Waals surface area contributed by atoms with Crippen molar-refractivity contribution in [3.05, 3.63) is 30.5 Å². The Hall–Kier alpha value is -3.05. The summed E-state index contributed by atoms with van der Waals surface area (Å²) in [7, 11) is 3.24. The summed E-state index contributed by atoms with van der Waals surface area (Å²) in [6.07, 6.45) is 1.73. The molecule has 0 aliphatic heterocycles. The fourth-order valence-electron chi connectivity index (χ4n) is 2.89. The highest BCUT2D eigenvalue weighted by atomic mass is 32.2. The first kappa shape index (κ1) is 23.6. The number of nitrogens with one attached hydrogen (secondary N) is 2. The summed E-state index contributed by atoms with van der Waals surface area (Å²) in [6.45, 7) is 4.03. The first-order valence-corrected chi connectivity index (χ1v) is 11.3. The summed E-state index contributed by atoms with van der Waals surface area (Å²) in [6, 6.07) is 7.12. The number of carbonyl (C=O) groups excluding carboxylic acids is 1. The number of ether oxygens (including phenoxy) is 3. The third kappa shape index (κ3) is 6.47. The number of carbonyl (C=O) groups is 1. The van der Waals surface area contributed by atoms with E-state index in [1.807, 2.05) is 6.07 Å². The van der Waals surface area contributed by atoms with Gasteiger partial charge in [-0.25, -0.2) is 14.6 Å². The molecule has 0 saturated carbocycles. The van der Waals surface area contributed by atoms with Crippen LogP contribution in [0.3, 0.4) is 0 Å². The minimum absolute atomic E-state index is 0.0833. The maximum atomic E-state index is 12.2. The summed E-state index contributed by atoms with van der Waals surface area (Å²) in [4.78, 5) is 21.4. The molecule has 0 fully saturated rings. The molecule has 2 N–H and O–H groups in total. The molecule has 32 heavy (non-hydrogen) atoms. The van der Waals surface area contributed by atoms with Crippen LogP contribution in [0.1, 0.15) is 6.92 Å². The molecule has 172 valence electrons. The van der Waals surface area contributed by atoms with E-state index in [2.05, 4.69) is 32.6 Å². The van der Waals surface area contributed by atoms with Crippen molar-refractivity contribution < 1.29 is 19.0 Å². The maximum absolute atomic E-state index is 12.2. The van der Waals surface area contributed by atoms with Crippen molar-refractivity contribution in [1.29, 1.82) is 0 Å². The first-order valence-electron chi connectivity index (χ1n) is 10.3. The van der Waals surface area contributed by atoms with Crippen molar-refractivity contribution in [2.24, 2.45) is 0 Å². The zero-order chi connectivity index (χ0) is 22.8. The van der Waals surface area contributed by atoms with Gasteiger partial charge in [0.2, 0.25) is 0 Å². The number of rotatable bonds is 13. The average molecular weight is 461 g/mol. The SMILES string of the molecule is CCSc1nc(NCCOC)c2cnn(CCNC(=O)COc3cccc(OC)c3)c2n1. The maximum Gasteiger partial charge on any atom is 0.258 e. The van der Waals surface area contributed by atoms with Gasteiger partial charge < -0.3 is 24.8 Å². The number of nitrogens with zero attached hydrogens (tertiary/aromatic N) is 4. The van der Waals surface area contributed by atoms with Crippen LogP contribution in [0.4, 0.5) is 5.82 Å². The predicted octanol–water partition coefficient (Wildman–Crippen LogP) is 2.20. The Labute approximate surface area is 191 Å². The third-order valence-corrected chi connectivity index (χ3v) is 5.13. The van der Waals surface area contributed by atoms with Gasteiger partial charge in [-0.15, -0.1) is 0 Å². The van der Waals surface area contributed by atoms with Crippen LogP contribution in [0.15, 0.2) is 35.6 Å². The van der Waals surface area contributed by atoms with Gasteiger partial charge in [-0.05, 0) is 17.9 Å². The van der Waals surface area contributed by atoms with Crippen LogP contribution < -0.4 is 20.1 Å². The topological polar surface area (TPSA) is 112 Å². The Morgan fingerprint density at radius 2 is 2.03 bits per heavy atom. The number of anilines is 1. The number of benzene rings is 1. The number of hydrogen-bond donors (Lipinski definition) is 2. The molecule has 0 aliphatic rings. The van der Waals surface area contributed by atoms with E-state index in [1.54, 1.807) is 55.1 Å². The fraction of sp³-hybridized carbons (Fsp3) is 0.429. The molecule has 0 unspecified atom stereocenters. The molecule has 1 amide bonds. The van der Waals surface area contributed by atoms with E-state index in [0.717, 1.165) is 22.6 Å². The Bertz CT molecular complexity index is 1030. The minimum Gasteiger partial charge on any atom is -0.497 e. The molecule has 0 atom stereocenters. The van der Waals surface area contributed by atoms with E-state index < -0.39 is 0 Å². The molecule has 3 rings (SSSR count). The van der Waals surface area contributed by atoms with E-state index in [0.29, 0.717) is 42.9 Å². The Morgan fingerprint density at radius 1 is 1.19 bits per heavy atom. The molecule has 2 heterocycles. The van der Waals surface area contributed by atoms with Crippen LogP contribution in [-0.4, -0.2) is 71.9 Å². The fourth-order valence-corrected chi connectivity index (χ4v) is 3.46. The highest BCUT2D eigenvalue weighted by Gasteiger charge is 2.13. The largest absolute Gasteiger partial charge is 0.497 e. The van der Waals surface area contributed by atoms with Crippen molar-refractivity contribution in [2.75, 3.05) is 51.6 Å². The second kappa shape index (κ2) is 12.1.